The van der Waals surface area contributed by atoms with Crippen LogP contribution in [0.5, 0.6) is 0 Å². The van der Waals surface area contributed by atoms with Gasteiger partial charge in [0.2, 0.25) is 11.8 Å². The van der Waals surface area contributed by atoms with Gasteiger partial charge in [-0.05, 0) is 18.2 Å². The number of aromatic nitrogens is 2. The lowest BCUT2D eigenvalue weighted by Crippen LogP contribution is -2.06. The Balaban J connectivity index is 2.28. The molecule has 21 heavy (non-hydrogen) atoms. The summed E-state index contributed by atoms with van der Waals surface area (Å²) in [5, 5.41) is 15.8. The molecule has 0 spiro atoms. The first kappa shape index (κ1) is 15.5. The lowest BCUT2D eigenvalue weighted by atomic mass is 10.1. The van der Waals surface area contributed by atoms with Gasteiger partial charge in [-0.25, -0.2) is 0 Å². The van der Waals surface area contributed by atoms with Crippen LogP contribution >= 0.6 is 15.9 Å². The number of halogens is 4. The molecule has 0 saturated carbocycles. The molecule has 112 valence electrons. The molecule has 5 nitrogen and oxygen atoms in total. The van der Waals surface area contributed by atoms with Crippen molar-refractivity contribution >= 4 is 21.9 Å². The summed E-state index contributed by atoms with van der Waals surface area (Å²) in [4.78, 5) is 10.4. The summed E-state index contributed by atoms with van der Waals surface area (Å²) in [7, 11) is 0. The van der Waals surface area contributed by atoms with Gasteiger partial charge in [0.15, 0.2) is 0 Å². The molecule has 0 saturated heterocycles. The summed E-state index contributed by atoms with van der Waals surface area (Å²) < 4.78 is 43.5. The number of carboxylic acid groups (broad SMARTS) is 1. The Morgan fingerprint density at radius 3 is 2.67 bits per heavy atom. The third-order valence-electron chi connectivity index (χ3n) is 2.54. The van der Waals surface area contributed by atoms with E-state index in [0.717, 1.165) is 6.07 Å². The quantitative estimate of drug-likeness (QED) is 0.897. The van der Waals surface area contributed by atoms with Gasteiger partial charge in [-0.2, -0.15) is 13.2 Å². The molecular weight excluding hydrogens is 357 g/mol. The fourth-order valence-electron chi connectivity index (χ4n) is 1.56. The summed E-state index contributed by atoms with van der Waals surface area (Å²) >= 11 is 2.83. The molecule has 0 aliphatic carbocycles. The van der Waals surface area contributed by atoms with Crippen LogP contribution in [0, 0.1) is 0 Å². The minimum atomic E-state index is -4.51. The molecule has 0 aliphatic heterocycles. The number of benzene rings is 1. The zero-order valence-corrected chi connectivity index (χ0v) is 11.9. The maximum Gasteiger partial charge on any atom is 0.417 e. The van der Waals surface area contributed by atoms with Gasteiger partial charge in [0.25, 0.3) is 0 Å². The van der Waals surface area contributed by atoms with Crippen molar-refractivity contribution in [1.29, 1.82) is 0 Å². The topological polar surface area (TPSA) is 76.2 Å². The van der Waals surface area contributed by atoms with Gasteiger partial charge in [-0.15, -0.1) is 10.2 Å². The van der Waals surface area contributed by atoms with Crippen LogP contribution in [0.4, 0.5) is 13.2 Å². The van der Waals surface area contributed by atoms with Crippen LogP contribution in [-0.2, 0) is 17.4 Å². The van der Waals surface area contributed by atoms with Crippen LogP contribution in [0.15, 0.2) is 27.1 Å². The minimum absolute atomic E-state index is 0.0188. The molecule has 0 fully saturated rings. The largest absolute Gasteiger partial charge is 0.481 e. The molecule has 9 heteroatoms. The normalized spacial score (nSPS) is 11.6. The van der Waals surface area contributed by atoms with Gasteiger partial charge in [0.1, 0.15) is 0 Å². The molecular formula is C12H8BrF3N2O3. The Kier molecular flexibility index (Phi) is 4.31. The van der Waals surface area contributed by atoms with E-state index >= 15 is 0 Å². The average Bonchev–Trinajstić information content (AvgIpc) is 2.84. The Bertz CT molecular complexity index is 670. The van der Waals surface area contributed by atoms with Crippen molar-refractivity contribution in [2.45, 2.75) is 19.0 Å². The first-order chi connectivity index (χ1) is 9.77. The molecule has 0 bridgehead atoms. The van der Waals surface area contributed by atoms with Gasteiger partial charge in [-0.3, -0.25) is 4.79 Å². The Morgan fingerprint density at radius 2 is 2.05 bits per heavy atom. The van der Waals surface area contributed by atoms with Crippen molar-refractivity contribution in [1.82, 2.24) is 10.2 Å². The minimum Gasteiger partial charge on any atom is -0.481 e. The van der Waals surface area contributed by atoms with Crippen molar-refractivity contribution in [3.8, 4) is 11.5 Å². The molecule has 1 N–H and O–H groups in total. The predicted molar refractivity (Wildman–Crippen MR) is 68.4 cm³/mol. The molecule has 1 aromatic carbocycles. The SMILES string of the molecule is O=C(O)CCc1nnc(-c2ccc(Br)c(C(F)(F)F)c2)o1. The molecule has 2 rings (SSSR count). The van der Waals surface area contributed by atoms with Crippen molar-refractivity contribution in [3.05, 3.63) is 34.1 Å². The average molecular weight is 365 g/mol. The molecule has 0 aliphatic rings. The number of aryl methyl sites for hydroxylation is 1. The molecule has 0 unspecified atom stereocenters. The second-order valence-electron chi connectivity index (χ2n) is 4.09. The van der Waals surface area contributed by atoms with Gasteiger partial charge < -0.3 is 9.52 Å². The highest BCUT2D eigenvalue weighted by Crippen LogP contribution is 2.37. The molecule has 0 radical (unpaired) electrons. The van der Waals surface area contributed by atoms with Crippen LogP contribution in [0.1, 0.15) is 17.9 Å². The summed E-state index contributed by atoms with van der Waals surface area (Å²) in [6, 6.07) is 3.52. The monoisotopic (exact) mass is 364 g/mol. The Labute approximate surface area is 124 Å². The van der Waals surface area contributed by atoms with E-state index in [1.165, 1.54) is 12.1 Å². The number of alkyl halides is 3. The second-order valence-corrected chi connectivity index (χ2v) is 4.94. The summed E-state index contributed by atoms with van der Waals surface area (Å²) in [5.74, 6) is -1.06. The van der Waals surface area contributed by atoms with Crippen LogP contribution in [0.2, 0.25) is 0 Å². The molecule has 0 amide bonds. The molecule has 2 aromatic rings. The van der Waals surface area contributed by atoms with E-state index in [1.807, 2.05) is 0 Å². The van der Waals surface area contributed by atoms with E-state index in [9.17, 15) is 18.0 Å². The van der Waals surface area contributed by atoms with E-state index in [1.54, 1.807) is 0 Å². The molecule has 0 atom stereocenters. The van der Waals surface area contributed by atoms with Gasteiger partial charge >= 0.3 is 12.1 Å². The first-order valence-electron chi connectivity index (χ1n) is 5.68. The number of aliphatic carboxylic acids is 1. The zero-order chi connectivity index (χ0) is 15.6. The number of nitrogens with zero attached hydrogens (tertiary/aromatic N) is 2. The number of carboxylic acids is 1. The third-order valence-corrected chi connectivity index (χ3v) is 3.23. The maximum absolute atomic E-state index is 12.8. The highest BCUT2D eigenvalue weighted by molar-refractivity contribution is 9.10. The number of hydrogen-bond acceptors (Lipinski definition) is 4. The van der Waals surface area contributed by atoms with Crippen molar-refractivity contribution < 1.29 is 27.5 Å². The number of carbonyl (C=O) groups is 1. The summed E-state index contributed by atoms with van der Waals surface area (Å²) in [5.41, 5.74) is -0.745. The zero-order valence-electron chi connectivity index (χ0n) is 10.3. The number of rotatable bonds is 4. The Morgan fingerprint density at radius 1 is 1.33 bits per heavy atom. The molecule has 1 aromatic heterocycles. The summed E-state index contributed by atoms with van der Waals surface area (Å²) in [6.07, 6.45) is -4.69. The van der Waals surface area contributed by atoms with Crippen molar-refractivity contribution in [3.63, 3.8) is 0 Å². The van der Waals surface area contributed by atoms with Crippen LogP contribution in [0.25, 0.3) is 11.5 Å². The lowest BCUT2D eigenvalue weighted by molar-refractivity contribution is -0.138. The highest BCUT2D eigenvalue weighted by Gasteiger charge is 2.33. The van der Waals surface area contributed by atoms with Crippen LogP contribution in [0.3, 0.4) is 0 Å². The van der Waals surface area contributed by atoms with E-state index < -0.39 is 17.7 Å². The van der Waals surface area contributed by atoms with E-state index in [-0.39, 0.29) is 34.7 Å². The van der Waals surface area contributed by atoms with Crippen molar-refractivity contribution in [2.75, 3.05) is 0 Å². The second kappa shape index (κ2) is 5.84. The summed E-state index contributed by atoms with van der Waals surface area (Å²) in [6.45, 7) is 0. The fraction of sp³-hybridized carbons (Fsp3) is 0.250. The van der Waals surface area contributed by atoms with Gasteiger partial charge in [0.05, 0.1) is 12.0 Å². The third kappa shape index (κ3) is 3.81. The van der Waals surface area contributed by atoms with Gasteiger partial charge in [0, 0.05) is 16.5 Å². The van der Waals surface area contributed by atoms with Crippen LogP contribution in [-0.4, -0.2) is 21.3 Å². The standard InChI is InChI=1S/C12H8BrF3N2O3/c13-8-2-1-6(5-7(8)12(14,15)16)11-18-17-9(21-11)3-4-10(19)20/h1-2,5H,3-4H2,(H,19,20). The number of hydrogen-bond donors (Lipinski definition) is 1. The smallest absolute Gasteiger partial charge is 0.417 e. The van der Waals surface area contributed by atoms with Crippen LogP contribution < -0.4 is 0 Å². The Hall–Kier alpha value is -1.90. The van der Waals surface area contributed by atoms with Gasteiger partial charge in [-0.1, -0.05) is 15.9 Å². The fourth-order valence-corrected chi connectivity index (χ4v) is 2.03. The molecule has 1 heterocycles. The first-order valence-corrected chi connectivity index (χ1v) is 6.48. The van der Waals surface area contributed by atoms with E-state index in [2.05, 4.69) is 26.1 Å². The van der Waals surface area contributed by atoms with E-state index in [0.29, 0.717) is 0 Å². The predicted octanol–water partition coefficient (Wildman–Crippen LogP) is 3.54. The van der Waals surface area contributed by atoms with Crippen molar-refractivity contribution in [2.24, 2.45) is 0 Å². The maximum atomic E-state index is 12.8. The highest BCUT2D eigenvalue weighted by atomic mass is 79.9. The lowest BCUT2D eigenvalue weighted by Gasteiger charge is -2.09. The van der Waals surface area contributed by atoms with E-state index in [4.69, 9.17) is 9.52 Å².